The SMILES string of the molecule is CC(C)c1ccc(C(=O)N2CC[NH+](Cc3ccccc3)CC2)cc1. The predicted octanol–water partition coefficient (Wildman–Crippen LogP) is 2.35. The standard InChI is InChI=1S/C21H26N2O/c1-17(2)19-8-10-20(11-9-19)21(24)23-14-12-22(13-15-23)16-18-6-4-3-5-7-18/h3-11,17H,12-16H2,1-2H3/p+1. The quantitative estimate of drug-likeness (QED) is 0.918. The third-order valence-corrected chi connectivity index (χ3v) is 4.88. The highest BCUT2D eigenvalue weighted by molar-refractivity contribution is 5.94. The maximum Gasteiger partial charge on any atom is 0.254 e. The van der Waals surface area contributed by atoms with E-state index in [2.05, 4.69) is 56.3 Å². The van der Waals surface area contributed by atoms with Crippen LogP contribution in [0.3, 0.4) is 0 Å². The zero-order chi connectivity index (χ0) is 16.9. The van der Waals surface area contributed by atoms with Gasteiger partial charge in [0.05, 0.1) is 26.2 Å². The molecule has 0 radical (unpaired) electrons. The van der Waals surface area contributed by atoms with E-state index < -0.39 is 0 Å². The molecule has 1 amide bonds. The molecule has 1 fully saturated rings. The number of hydrogen-bond donors (Lipinski definition) is 1. The Bertz CT molecular complexity index is 656. The molecular weight excluding hydrogens is 296 g/mol. The molecule has 126 valence electrons. The van der Waals surface area contributed by atoms with Gasteiger partial charge in [-0.15, -0.1) is 0 Å². The maximum atomic E-state index is 12.7. The minimum atomic E-state index is 0.170. The van der Waals surface area contributed by atoms with Crippen molar-refractivity contribution in [1.82, 2.24) is 4.90 Å². The van der Waals surface area contributed by atoms with E-state index in [0.717, 1.165) is 38.3 Å². The van der Waals surface area contributed by atoms with Gasteiger partial charge in [-0.05, 0) is 23.6 Å². The minimum Gasteiger partial charge on any atom is -0.328 e. The number of carbonyl (C=O) groups excluding carboxylic acids is 1. The smallest absolute Gasteiger partial charge is 0.254 e. The summed E-state index contributed by atoms with van der Waals surface area (Å²) in [5, 5.41) is 0. The van der Waals surface area contributed by atoms with E-state index in [4.69, 9.17) is 0 Å². The molecule has 0 aromatic heterocycles. The normalized spacial score (nSPS) is 15.7. The number of carbonyl (C=O) groups is 1. The third-order valence-electron chi connectivity index (χ3n) is 4.88. The first kappa shape index (κ1) is 16.7. The molecule has 3 heteroatoms. The number of hydrogen-bond acceptors (Lipinski definition) is 1. The number of nitrogens with zero attached hydrogens (tertiary/aromatic N) is 1. The van der Waals surface area contributed by atoms with Gasteiger partial charge in [0.2, 0.25) is 0 Å². The first-order valence-corrected chi connectivity index (χ1v) is 8.90. The van der Waals surface area contributed by atoms with Crippen LogP contribution in [-0.2, 0) is 6.54 Å². The summed E-state index contributed by atoms with van der Waals surface area (Å²) in [6.45, 7) is 9.11. The van der Waals surface area contributed by atoms with Crippen molar-refractivity contribution >= 4 is 5.91 Å². The van der Waals surface area contributed by atoms with Crippen LogP contribution in [0.15, 0.2) is 54.6 Å². The van der Waals surface area contributed by atoms with Crippen molar-refractivity contribution in [1.29, 1.82) is 0 Å². The van der Waals surface area contributed by atoms with Crippen LogP contribution in [0.4, 0.5) is 0 Å². The van der Waals surface area contributed by atoms with Gasteiger partial charge in [0.25, 0.3) is 5.91 Å². The summed E-state index contributed by atoms with van der Waals surface area (Å²) in [6.07, 6.45) is 0. The molecule has 2 aromatic carbocycles. The number of rotatable bonds is 4. The summed E-state index contributed by atoms with van der Waals surface area (Å²) in [6, 6.07) is 18.7. The van der Waals surface area contributed by atoms with Crippen molar-refractivity contribution in [2.24, 2.45) is 0 Å². The molecule has 1 N–H and O–H groups in total. The van der Waals surface area contributed by atoms with E-state index >= 15 is 0 Å². The molecule has 1 aliphatic rings. The van der Waals surface area contributed by atoms with E-state index in [-0.39, 0.29) is 5.91 Å². The highest BCUT2D eigenvalue weighted by Crippen LogP contribution is 2.15. The Hall–Kier alpha value is -2.13. The van der Waals surface area contributed by atoms with E-state index in [1.165, 1.54) is 11.1 Å². The second-order valence-electron chi connectivity index (χ2n) is 6.98. The van der Waals surface area contributed by atoms with Crippen LogP contribution in [0.2, 0.25) is 0 Å². The van der Waals surface area contributed by atoms with Crippen molar-refractivity contribution in [2.75, 3.05) is 26.2 Å². The Labute approximate surface area is 144 Å². The molecule has 1 saturated heterocycles. The Kier molecular flexibility index (Phi) is 5.31. The lowest BCUT2D eigenvalue weighted by Gasteiger charge is -2.32. The van der Waals surface area contributed by atoms with Crippen LogP contribution in [0.5, 0.6) is 0 Å². The van der Waals surface area contributed by atoms with Gasteiger partial charge in [0, 0.05) is 11.1 Å². The molecule has 0 atom stereocenters. The van der Waals surface area contributed by atoms with Gasteiger partial charge in [-0.3, -0.25) is 4.79 Å². The summed E-state index contributed by atoms with van der Waals surface area (Å²) < 4.78 is 0. The van der Waals surface area contributed by atoms with E-state index in [1.807, 2.05) is 17.0 Å². The second-order valence-corrected chi connectivity index (χ2v) is 6.98. The maximum absolute atomic E-state index is 12.7. The average molecular weight is 323 g/mol. The molecule has 3 rings (SSSR count). The van der Waals surface area contributed by atoms with Gasteiger partial charge in [0.1, 0.15) is 6.54 Å². The van der Waals surface area contributed by atoms with Crippen LogP contribution in [-0.4, -0.2) is 37.0 Å². The van der Waals surface area contributed by atoms with Crippen molar-refractivity contribution in [3.63, 3.8) is 0 Å². The van der Waals surface area contributed by atoms with E-state index in [9.17, 15) is 4.79 Å². The van der Waals surface area contributed by atoms with E-state index in [0.29, 0.717) is 5.92 Å². The second kappa shape index (κ2) is 7.63. The van der Waals surface area contributed by atoms with Crippen molar-refractivity contribution in [2.45, 2.75) is 26.3 Å². The van der Waals surface area contributed by atoms with Crippen LogP contribution >= 0.6 is 0 Å². The number of amides is 1. The topological polar surface area (TPSA) is 24.8 Å². The third kappa shape index (κ3) is 4.04. The Morgan fingerprint density at radius 3 is 2.21 bits per heavy atom. The minimum absolute atomic E-state index is 0.170. The molecule has 0 aliphatic carbocycles. The van der Waals surface area contributed by atoms with Gasteiger partial charge in [0.15, 0.2) is 0 Å². The Morgan fingerprint density at radius 1 is 1.00 bits per heavy atom. The van der Waals surface area contributed by atoms with Crippen LogP contribution in [0.1, 0.15) is 41.3 Å². The molecule has 1 heterocycles. The van der Waals surface area contributed by atoms with Gasteiger partial charge >= 0.3 is 0 Å². The summed E-state index contributed by atoms with van der Waals surface area (Å²) in [5.74, 6) is 0.670. The molecule has 0 saturated carbocycles. The number of quaternary nitrogens is 1. The van der Waals surface area contributed by atoms with Crippen LogP contribution < -0.4 is 4.90 Å². The lowest BCUT2D eigenvalue weighted by Crippen LogP contribution is -3.13. The predicted molar refractivity (Wildman–Crippen MR) is 97.3 cm³/mol. The van der Waals surface area contributed by atoms with Gasteiger partial charge in [-0.25, -0.2) is 0 Å². The molecule has 3 nitrogen and oxygen atoms in total. The Morgan fingerprint density at radius 2 is 1.62 bits per heavy atom. The number of nitrogens with one attached hydrogen (secondary N) is 1. The zero-order valence-electron chi connectivity index (χ0n) is 14.7. The summed E-state index contributed by atoms with van der Waals surface area (Å²) in [4.78, 5) is 16.2. The van der Waals surface area contributed by atoms with Crippen LogP contribution in [0, 0.1) is 0 Å². The van der Waals surface area contributed by atoms with Crippen molar-refractivity contribution in [3.8, 4) is 0 Å². The van der Waals surface area contributed by atoms with Gasteiger partial charge in [-0.1, -0.05) is 56.3 Å². The largest absolute Gasteiger partial charge is 0.328 e. The summed E-state index contributed by atoms with van der Waals surface area (Å²) in [7, 11) is 0. The summed E-state index contributed by atoms with van der Waals surface area (Å²) in [5.41, 5.74) is 3.46. The fourth-order valence-electron chi connectivity index (χ4n) is 3.28. The highest BCUT2D eigenvalue weighted by atomic mass is 16.2. The Balaban J connectivity index is 1.55. The number of benzene rings is 2. The monoisotopic (exact) mass is 323 g/mol. The zero-order valence-corrected chi connectivity index (χ0v) is 14.7. The van der Waals surface area contributed by atoms with Gasteiger partial charge < -0.3 is 9.80 Å². The van der Waals surface area contributed by atoms with Crippen LogP contribution in [0.25, 0.3) is 0 Å². The molecule has 24 heavy (non-hydrogen) atoms. The fraction of sp³-hybridized carbons (Fsp3) is 0.381. The molecular formula is C21H27N2O+. The first-order chi connectivity index (χ1) is 11.6. The van der Waals surface area contributed by atoms with Gasteiger partial charge in [-0.2, -0.15) is 0 Å². The molecule has 0 unspecified atom stereocenters. The highest BCUT2D eigenvalue weighted by Gasteiger charge is 2.24. The van der Waals surface area contributed by atoms with E-state index in [1.54, 1.807) is 4.90 Å². The lowest BCUT2D eigenvalue weighted by molar-refractivity contribution is -0.917. The average Bonchev–Trinajstić information content (AvgIpc) is 2.63. The molecule has 1 aliphatic heterocycles. The van der Waals surface area contributed by atoms with Crippen molar-refractivity contribution < 1.29 is 9.69 Å². The molecule has 0 spiro atoms. The first-order valence-electron chi connectivity index (χ1n) is 8.90. The fourth-order valence-corrected chi connectivity index (χ4v) is 3.28. The molecule has 0 bridgehead atoms. The number of piperazine rings is 1. The summed E-state index contributed by atoms with van der Waals surface area (Å²) >= 11 is 0. The molecule has 2 aromatic rings. The lowest BCUT2D eigenvalue weighted by atomic mass is 10.0. The van der Waals surface area contributed by atoms with Crippen molar-refractivity contribution in [3.05, 3.63) is 71.3 Å².